The lowest BCUT2D eigenvalue weighted by atomic mass is 9.88. The maximum absolute atomic E-state index is 13.2. The molecule has 4 rings (SSSR count). The Balaban J connectivity index is 1.37. The lowest BCUT2D eigenvalue weighted by Crippen LogP contribution is -2.58. The summed E-state index contributed by atoms with van der Waals surface area (Å²) in [4.78, 5) is 18.7. The van der Waals surface area contributed by atoms with Crippen LogP contribution in [0.5, 0.6) is 0 Å². The first-order chi connectivity index (χ1) is 13.9. The Morgan fingerprint density at radius 3 is 2.31 bits per heavy atom. The molecule has 2 fully saturated rings. The summed E-state index contributed by atoms with van der Waals surface area (Å²) in [6, 6.07) is 14.8. The number of amides is 1. The molecule has 0 radical (unpaired) electrons. The van der Waals surface area contributed by atoms with Crippen molar-refractivity contribution in [3.8, 4) is 0 Å². The molecule has 1 amide bonds. The van der Waals surface area contributed by atoms with E-state index in [1.54, 1.807) is 17.0 Å². The van der Waals surface area contributed by atoms with E-state index >= 15 is 0 Å². The second kappa shape index (κ2) is 8.13. The third kappa shape index (κ3) is 4.43. The maximum Gasteiger partial charge on any atom is 0.253 e. The molecule has 0 aliphatic carbocycles. The first kappa shape index (κ1) is 19.9. The van der Waals surface area contributed by atoms with Crippen LogP contribution in [0, 0.1) is 5.82 Å². The molecule has 2 aromatic rings. The topological polar surface area (TPSA) is 36.0 Å². The number of morpholine rings is 1. The van der Waals surface area contributed by atoms with Crippen LogP contribution in [0.2, 0.25) is 0 Å². The monoisotopic (exact) mass is 397 g/mol. The Morgan fingerprint density at radius 1 is 1.03 bits per heavy atom. The molecule has 1 spiro atoms. The SMILES string of the molecule is CN(C)c1ccc(CN2CCC3(CC2)CN(c2ccc(F)cc2)C(=O)CO3)cc1. The van der Waals surface area contributed by atoms with Crippen LogP contribution in [0.15, 0.2) is 48.5 Å². The quantitative estimate of drug-likeness (QED) is 0.793. The van der Waals surface area contributed by atoms with Crippen molar-refractivity contribution >= 4 is 17.3 Å². The van der Waals surface area contributed by atoms with Gasteiger partial charge in [-0.1, -0.05) is 12.1 Å². The van der Waals surface area contributed by atoms with E-state index in [-0.39, 0.29) is 23.9 Å². The van der Waals surface area contributed by atoms with Gasteiger partial charge in [-0.05, 0) is 54.8 Å². The van der Waals surface area contributed by atoms with Crippen molar-refractivity contribution in [3.05, 3.63) is 59.9 Å². The zero-order valence-electron chi connectivity index (χ0n) is 17.1. The van der Waals surface area contributed by atoms with Gasteiger partial charge in [0, 0.05) is 45.1 Å². The van der Waals surface area contributed by atoms with Crippen LogP contribution in [-0.4, -0.2) is 56.7 Å². The van der Waals surface area contributed by atoms with E-state index in [0.717, 1.165) is 38.2 Å². The fourth-order valence-electron chi connectivity index (χ4n) is 4.15. The van der Waals surface area contributed by atoms with Crippen molar-refractivity contribution in [2.75, 3.05) is 50.1 Å². The van der Waals surface area contributed by atoms with E-state index in [1.165, 1.54) is 23.4 Å². The van der Waals surface area contributed by atoms with Gasteiger partial charge in [0.15, 0.2) is 0 Å². The lowest BCUT2D eigenvalue weighted by molar-refractivity contribution is -0.144. The van der Waals surface area contributed by atoms with E-state index in [4.69, 9.17) is 4.74 Å². The summed E-state index contributed by atoms with van der Waals surface area (Å²) in [6.45, 7) is 3.40. The van der Waals surface area contributed by atoms with Crippen LogP contribution >= 0.6 is 0 Å². The molecule has 0 unspecified atom stereocenters. The molecule has 6 heteroatoms. The average molecular weight is 397 g/mol. The van der Waals surface area contributed by atoms with Crippen molar-refractivity contribution < 1.29 is 13.9 Å². The second-order valence-corrected chi connectivity index (χ2v) is 8.27. The van der Waals surface area contributed by atoms with Gasteiger partial charge in [-0.3, -0.25) is 9.69 Å². The smallest absolute Gasteiger partial charge is 0.253 e. The zero-order valence-corrected chi connectivity index (χ0v) is 17.1. The van der Waals surface area contributed by atoms with E-state index in [1.807, 2.05) is 14.1 Å². The van der Waals surface area contributed by atoms with Gasteiger partial charge >= 0.3 is 0 Å². The summed E-state index contributed by atoms with van der Waals surface area (Å²) < 4.78 is 19.3. The standard InChI is InChI=1S/C23H28FN3O2/c1-25(2)20-7-3-18(4-8-20)15-26-13-11-23(12-14-26)17-27(22(28)16-29-23)21-9-5-19(24)6-10-21/h3-10H,11-17H2,1-2H3. The minimum atomic E-state index is -0.312. The Labute approximate surface area is 171 Å². The lowest BCUT2D eigenvalue weighted by Gasteiger charge is -2.47. The van der Waals surface area contributed by atoms with Gasteiger partial charge in [-0.15, -0.1) is 0 Å². The fraction of sp³-hybridized carbons (Fsp3) is 0.435. The highest BCUT2D eigenvalue weighted by Gasteiger charge is 2.42. The Morgan fingerprint density at radius 2 is 1.69 bits per heavy atom. The number of rotatable bonds is 4. The molecule has 0 aromatic heterocycles. The Bertz CT molecular complexity index is 843. The number of carbonyl (C=O) groups is 1. The molecule has 154 valence electrons. The largest absolute Gasteiger partial charge is 0.378 e. The number of ether oxygens (including phenoxy) is 1. The Kier molecular flexibility index (Phi) is 5.56. The number of carbonyl (C=O) groups excluding carboxylic acids is 1. The van der Waals surface area contributed by atoms with Crippen molar-refractivity contribution in [1.82, 2.24) is 4.90 Å². The molecule has 0 saturated carbocycles. The molecule has 0 atom stereocenters. The molecule has 2 aliphatic rings. The van der Waals surface area contributed by atoms with Crippen molar-refractivity contribution in [1.29, 1.82) is 0 Å². The van der Waals surface area contributed by atoms with Gasteiger partial charge in [-0.25, -0.2) is 4.39 Å². The highest BCUT2D eigenvalue weighted by atomic mass is 19.1. The molecule has 0 N–H and O–H groups in total. The van der Waals surface area contributed by atoms with Crippen LogP contribution in [0.4, 0.5) is 15.8 Å². The summed E-state index contributed by atoms with van der Waals surface area (Å²) >= 11 is 0. The normalized spacial score (nSPS) is 19.6. The molecule has 2 aromatic carbocycles. The minimum Gasteiger partial charge on any atom is -0.378 e. The van der Waals surface area contributed by atoms with Crippen LogP contribution in [0.1, 0.15) is 18.4 Å². The zero-order chi connectivity index (χ0) is 20.4. The van der Waals surface area contributed by atoms with Gasteiger partial charge in [0.25, 0.3) is 5.91 Å². The molecule has 2 saturated heterocycles. The van der Waals surface area contributed by atoms with E-state index in [2.05, 4.69) is 34.1 Å². The molecule has 2 heterocycles. The van der Waals surface area contributed by atoms with Crippen LogP contribution in [0.3, 0.4) is 0 Å². The maximum atomic E-state index is 13.2. The average Bonchev–Trinajstić information content (AvgIpc) is 2.73. The van der Waals surface area contributed by atoms with Gasteiger partial charge in [0.1, 0.15) is 12.4 Å². The highest BCUT2D eigenvalue weighted by molar-refractivity contribution is 5.95. The van der Waals surface area contributed by atoms with E-state index < -0.39 is 0 Å². The fourth-order valence-corrected chi connectivity index (χ4v) is 4.15. The van der Waals surface area contributed by atoms with Crippen LogP contribution < -0.4 is 9.80 Å². The summed E-state index contributed by atoms with van der Waals surface area (Å²) in [5, 5.41) is 0. The summed E-state index contributed by atoms with van der Waals surface area (Å²) in [5.41, 5.74) is 2.93. The molecule has 29 heavy (non-hydrogen) atoms. The van der Waals surface area contributed by atoms with Crippen molar-refractivity contribution in [2.45, 2.75) is 25.0 Å². The summed E-state index contributed by atoms with van der Waals surface area (Å²) in [7, 11) is 4.09. The number of benzene rings is 2. The molecular formula is C23H28FN3O2. The first-order valence-corrected chi connectivity index (χ1v) is 10.1. The number of halogens is 1. The van der Waals surface area contributed by atoms with E-state index in [9.17, 15) is 9.18 Å². The first-order valence-electron chi connectivity index (χ1n) is 10.1. The molecule has 2 aliphatic heterocycles. The summed E-state index contributed by atoms with van der Waals surface area (Å²) in [5.74, 6) is -0.360. The van der Waals surface area contributed by atoms with Gasteiger partial charge in [0.05, 0.1) is 12.1 Å². The number of hydrogen-bond donors (Lipinski definition) is 0. The third-order valence-electron chi connectivity index (χ3n) is 6.01. The van der Waals surface area contributed by atoms with Crippen molar-refractivity contribution in [3.63, 3.8) is 0 Å². The minimum absolute atomic E-state index is 0.0642. The predicted molar refractivity (Wildman–Crippen MR) is 113 cm³/mol. The number of anilines is 2. The van der Waals surface area contributed by atoms with Crippen LogP contribution in [-0.2, 0) is 16.1 Å². The number of hydrogen-bond acceptors (Lipinski definition) is 4. The van der Waals surface area contributed by atoms with Gasteiger partial charge in [0.2, 0.25) is 0 Å². The third-order valence-corrected chi connectivity index (χ3v) is 6.01. The number of nitrogens with zero attached hydrogens (tertiary/aromatic N) is 3. The predicted octanol–water partition coefficient (Wildman–Crippen LogP) is 3.29. The Hall–Kier alpha value is -2.44. The van der Waals surface area contributed by atoms with Crippen LogP contribution in [0.25, 0.3) is 0 Å². The second-order valence-electron chi connectivity index (χ2n) is 8.27. The highest BCUT2D eigenvalue weighted by Crippen LogP contribution is 2.33. The van der Waals surface area contributed by atoms with E-state index in [0.29, 0.717) is 6.54 Å². The van der Waals surface area contributed by atoms with Crippen molar-refractivity contribution in [2.24, 2.45) is 0 Å². The van der Waals surface area contributed by atoms with Gasteiger partial charge < -0.3 is 14.5 Å². The molecule has 0 bridgehead atoms. The molecule has 5 nitrogen and oxygen atoms in total. The number of likely N-dealkylation sites (tertiary alicyclic amines) is 1. The van der Waals surface area contributed by atoms with Gasteiger partial charge in [-0.2, -0.15) is 0 Å². The summed E-state index contributed by atoms with van der Waals surface area (Å²) in [6.07, 6.45) is 1.77. The number of piperidine rings is 1. The molecular weight excluding hydrogens is 369 g/mol.